The van der Waals surface area contributed by atoms with Crippen molar-refractivity contribution in [2.75, 3.05) is 10.6 Å². The van der Waals surface area contributed by atoms with Crippen molar-refractivity contribution in [3.63, 3.8) is 0 Å². The number of rotatable bonds is 10. The standard InChI is InChI=1S/C39H35N3O3S/c1-26-14-23-35(27(2)24-26)41-37(43)28(3)46-34-21-19-33(20-22-34)40-39(45)36(42-38(44)32-12-8-5-9-13-32)25-29-15-17-31(18-16-29)30-10-6-4-7-11-30/h4-25,28H,1-3H3,(H,40,45)(H,41,43)(H,42,44)/b36-25-. The summed E-state index contributed by atoms with van der Waals surface area (Å²) >= 11 is 1.43. The Bertz CT molecular complexity index is 1850. The average Bonchev–Trinajstić information content (AvgIpc) is 3.07. The molecule has 0 aromatic heterocycles. The highest BCUT2D eigenvalue weighted by atomic mass is 32.2. The number of anilines is 2. The zero-order valence-electron chi connectivity index (χ0n) is 25.9. The molecule has 0 aliphatic heterocycles. The van der Waals surface area contributed by atoms with Crippen LogP contribution in [-0.4, -0.2) is 23.0 Å². The molecule has 6 nitrogen and oxygen atoms in total. The minimum atomic E-state index is -0.460. The lowest BCUT2D eigenvalue weighted by Gasteiger charge is -2.15. The van der Waals surface area contributed by atoms with Crippen LogP contribution in [0.1, 0.15) is 34.0 Å². The summed E-state index contributed by atoms with van der Waals surface area (Å²) in [6.07, 6.45) is 1.66. The first kappa shape index (κ1) is 32.0. The van der Waals surface area contributed by atoms with Gasteiger partial charge < -0.3 is 16.0 Å². The average molecular weight is 626 g/mol. The molecule has 5 aromatic rings. The van der Waals surface area contributed by atoms with Gasteiger partial charge >= 0.3 is 0 Å². The van der Waals surface area contributed by atoms with Crippen LogP contribution in [0.15, 0.2) is 138 Å². The van der Waals surface area contributed by atoms with Crippen molar-refractivity contribution in [2.45, 2.75) is 30.9 Å². The van der Waals surface area contributed by atoms with Crippen molar-refractivity contribution < 1.29 is 14.4 Å². The van der Waals surface area contributed by atoms with Gasteiger partial charge in [0.2, 0.25) is 5.91 Å². The highest BCUT2D eigenvalue weighted by Gasteiger charge is 2.17. The number of carbonyl (C=O) groups is 3. The molecule has 0 heterocycles. The van der Waals surface area contributed by atoms with Gasteiger partial charge in [0.15, 0.2) is 0 Å². The van der Waals surface area contributed by atoms with Crippen molar-refractivity contribution >= 4 is 46.9 Å². The molecule has 1 atom stereocenters. The van der Waals surface area contributed by atoms with Crippen LogP contribution in [0.25, 0.3) is 17.2 Å². The molecule has 0 aliphatic rings. The third-order valence-electron chi connectivity index (χ3n) is 7.29. The Morgan fingerprint density at radius 2 is 1.33 bits per heavy atom. The van der Waals surface area contributed by atoms with E-state index in [1.54, 1.807) is 42.5 Å². The summed E-state index contributed by atoms with van der Waals surface area (Å²) in [6, 6.07) is 39.8. The van der Waals surface area contributed by atoms with E-state index < -0.39 is 5.91 Å². The molecular weight excluding hydrogens is 591 g/mol. The zero-order valence-corrected chi connectivity index (χ0v) is 26.7. The molecule has 0 bridgehead atoms. The molecule has 0 aliphatic carbocycles. The Morgan fingerprint density at radius 1 is 0.696 bits per heavy atom. The molecule has 0 radical (unpaired) electrons. The SMILES string of the molecule is Cc1ccc(NC(=O)C(C)Sc2ccc(NC(=O)/C(=C/c3ccc(-c4ccccc4)cc3)NC(=O)c3ccccc3)cc2)c(C)c1. The fraction of sp³-hybridized carbons (Fsp3) is 0.103. The number of hydrogen-bond donors (Lipinski definition) is 3. The highest BCUT2D eigenvalue weighted by molar-refractivity contribution is 8.00. The second-order valence-corrected chi connectivity index (χ2v) is 12.3. The van der Waals surface area contributed by atoms with Crippen molar-refractivity contribution in [3.8, 4) is 11.1 Å². The van der Waals surface area contributed by atoms with Crippen LogP contribution in [0, 0.1) is 13.8 Å². The largest absolute Gasteiger partial charge is 0.325 e. The van der Waals surface area contributed by atoms with E-state index in [9.17, 15) is 14.4 Å². The molecule has 0 saturated carbocycles. The summed E-state index contributed by atoms with van der Waals surface area (Å²) in [7, 11) is 0. The van der Waals surface area contributed by atoms with Crippen LogP contribution in [0.5, 0.6) is 0 Å². The van der Waals surface area contributed by atoms with Gasteiger partial charge in [-0.1, -0.05) is 90.5 Å². The number of hydrogen-bond acceptors (Lipinski definition) is 4. The topological polar surface area (TPSA) is 87.3 Å². The van der Waals surface area contributed by atoms with Crippen molar-refractivity contribution in [1.29, 1.82) is 0 Å². The normalized spacial score (nSPS) is 11.8. The number of carbonyl (C=O) groups excluding carboxylic acids is 3. The van der Waals surface area contributed by atoms with Crippen LogP contribution < -0.4 is 16.0 Å². The lowest BCUT2D eigenvalue weighted by molar-refractivity contribution is -0.115. The van der Waals surface area contributed by atoms with Crippen LogP contribution in [0.3, 0.4) is 0 Å². The fourth-order valence-corrected chi connectivity index (χ4v) is 5.64. The molecule has 3 N–H and O–H groups in total. The third kappa shape index (κ3) is 8.61. The van der Waals surface area contributed by atoms with E-state index in [-0.39, 0.29) is 22.8 Å². The van der Waals surface area contributed by atoms with E-state index in [2.05, 4.69) is 16.0 Å². The second kappa shape index (κ2) is 15.1. The van der Waals surface area contributed by atoms with Gasteiger partial charge in [0.05, 0.1) is 5.25 Å². The van der Waals surface area contributed by atoms with Gasteiger partial charge in [0.25, 0.3) is 11.8 Å². The zero-order chi connectivity index (χ0) is 32.5. The lowest BCUT2D eigenvalue weighted by atomic mass is 10.0. The number of thioether (sulfide) groups is 1. The quantitative estimate of drug-likeness (QED) is 0.107. The predicted octanol–water partition coefficient (Wildman–Crippen LogP) is 8.50. The number of aryl methyl sites for hydroxylation is 2. The Morgan fingerprint density at radius 3 is 1.98 bits per heavy atom. The second-order valence-electron chi connectivity index (χ2n) is 10.9. The van der Waals surface area contributed by atoms with Gasteiger partial charge in [-0.3, -0.25) is 14.4 Å². The molecule has 230 valence electrons. The Balaban J connectivity index is 1.27. The van der Waals surface area contributed by atoms with Gasteiger partial charge in [-0.25, -0.2) is 0 Å². The highest BCUT2D eigenvalue weighted by Crippen LogP contribution is 2.27. The first-order chi connectivity index (χ1) is 22.2. The lowest BCUT2D eigenvalue weighted by Crippen LogP contribution is -2.30. The smallest absolute Gasteiger partial charge is 0.272 e. The summed E-state index contributed by atoms with van der Waals surface area (Å²) in [5, 5.41) is 8.35. The Hall–Kier alpha value is -5.40. The Kier molecular flexibility index (Phi) is 10.5. The molecule has 0 spiro atoms. The van der Waals surface area contributed by atoms with Gasteiger partial charge in [-0.2, -0.15) is 0 Å². The molecule has 1 unspecified atom stereocenters. The maximum absolute atomic E-state index is 13.5. The molecule has 0 fully saturated rings. The van der Waals surface area contributed by atoms with E-state index in [0.717, 1.165) is 38.4 Å². The van der Waals surface area contributed by atoms with Gasteiger partial charge in [0, 0.05) is 21.8 Å². The summed E-state index contributed by atoms with van der Waals surface area (Å²) < 4.78 is 0. The van der Waals surface area contributed by atoms with Crippen molar-refractivity contribution in [1.82, 2.24) is 5.32 Å². The number of nitrogens with one attached hydrogen (secondary N) is 3. The van der Waals surface area contributed by atoms with E-state index in [1.807, 2.05) is 112 Å². The monoisotopic (exact) mass is 625 g/mol. The van der Waals surface area contributed by atoms with Gasteiger partial charge in [-0.15, -0.1) is 11.8 Å². The van der Waals surface area contributed by atoms with Crippen LogP contribution in [-0.2, 0) is 9.59 Å². The molecule has 5 rings (SSSR count). The Labute approximate surface area is 274 Å². The minimum absolute atomic E-state index is 0.0879. The summed E-state index contributed by atoms with van der Waals surface area (Å²) in [4.78, 5) is 40.2. The van der Waals surface area contributed by atoms with Gasteiger partial charge in [0.1, 0.15) is 5.70 Å². The summed E-state index contributed by atoms with van der Waals surface area (Å²) in [5.74, 6) is -0.934. The van der Waals surface area contributed by atoms with Crippen molar-refractivity contribution in [2.24, 2.45) is 0 Å². The van der Waals surface area contributed by atoms with Crippen molar-refractivity contribution in [3.05, 3.63) is 155 Å². The third-order valence-corrected chi connectivity index (χ3v) is 8.40. The van der Waals surface area contributed by atoms with Crippen LogP contribution in [0.2, 0.25) is 0 Å². The van der Waals surface area contributed by atoms with Gasteiger partial charge in [-0.05, 0) is 91.6 Å². The summed E-state index contributed by atoms with van der Waals surface area (Å²) in [6.45, 7) is 5.85. The number of amides is 3. The maximum Gasteiger partial charge on any atom is 0.272 e. The van der Waals surface area contributed by atoms with Crippen LogP contribution in [0.4, 0.5) is 11.4 Å². The number of benzene rings is 5. The molecule has 0 saturated heterocycles. The fourth-order valence-electron chi connectivity index (χ4n) is 4.77. The predicted molar refractivity (Wildman–Crippen MR) is 189 cm³/mol. The summed E-state index contributed by atoms with van der Waals surface area (Å²) in [5.41, 5.74) is 6.97. The molecule has 5 aromatic carbocycles. The van der Waals surface area contributed by atoms with E-state index in [4.69, 9.17) is 0 Å². The molecule has 46 heavy (non-hydrogen) atoms. The first-order valence-electron chi connectivity index (χ1n) is 14.9. The van der Waals surface area contributed by atoms with E-state index in [1.165, 1.54) is 11.8 Å². The molecule has 7 heteroatoms. The minimum Gasteiger partial charge on any atom is -0.325 e. The van der Waals surface area contributed by atoms with E-state index in [0.29, 0.717) is 11.3 Å². The molecule has 3 amide bonds. The molecular formula is C39H35N3O3S. The first-order valence-corrected chi connectivity index (χ1v) is 15.8. The van der Waals surface area contributed by atoms with E-state index >= 15 is 0 Å². The maximum atomic E-state index is 13.5. The van der Waals surface area contributed by atoms with Crippen LogP contribution >= 0.6 is 11.8 Å².